The van der Waals surface area contributed by atoms with Crippen molar-refractivity contribution in [1.82, 2.24) is 9.97 Å². The van der Waals surface area contributed by atoms with Crippen molar-refractivity contribution < 1.29 is 12.8 Å². The molecule has 0 unspecified atom stereocenters. The largest absolute Gasteiger partial charge is 0.418 e. The summed E-state index contributed by atoms with van der Waals surface area (Å²) in [6, 6.07) is 1.18. The summed E-state index contributed by atoms with van der Waals surface area (Å²) in [6.45, 7) is 0. The van der Waals surface area contributed by atoms with E-state index in [1.807, 2.05) is 0 Å². The first-order valence-corrected chi connectivity index (χ1v) is 5.71. The minimum atomic E-state index is -3.84. The maximum absolute atomic E-state index is 10.9. The fourth-order valence-corrected chi connectivity index (χ4v) is 1.65. The summed E-state index contributed by atoms with van der Waals surface area (Å²) in [5, 5.41) is 0. The highest BCUT2D eigenvalue weighted by Crippen LogP contribution is 2.16. The Morgan fingerprint density at radius 1 is 1.50 bits per heavy atom. The molecule has 14 heavy (non-hydrogen) atoms. The van der Waals surface area contributed by atoms with Gasteiger partial charge in [-0.05, 0) is 6.07 Å². The number of halogens is 1. The highest BCUT2D eigenvalue weighted by molar-refractivity contribution is 8.13. The van der Waals surface area contributed by atoms with Crippen molar-refractivity contribution in [3.8, 4) is 0 Å². The molecule has 0 radical (unpaired) electrons. The Kier molecular flexibility index (Phi) is 1.86. The number of rotatable bonds is 1. The molecule has 0 aliphatic carbocycles. The third-order valence-electron chi connectivity index (χ3n) is 1.53. The fourth-order valence-electron chi connectivity index (χ4n) is 0.961. The van der Waals surface area contributed by atoms with E-state index in [0.717, 1.165) is 6.20 Å². The van der Waals surface area contributed by atoms with E-state index in [9.17, 15) is 13.2 Å². The van der Waals surface area contributed by atoms with Crippen LogP contribution in [0.1, 0.15) is 0 Å². The molecule has 74 valence electrons. The van der Waals surface area contributed by atoms with Crippen molar-refractivity contribution in [3.63, 3.8) is 0 Å². The number of hydrogen-bond donors (Lipinski definition) is 1. The lowest BCUT2D eigenvalue weighted by Crippen LogP contribution is -1.93. The zero-order valence-corrected chi connectivity index (χ0v) is 8.09. The molecular weight excluding hydrogens is 232 g/mol. The van der Waals surface area contributed by atoms with E-state index < -0.39 is 14.8 Å². The zero-order chi connectivity index (χ0) is 10.3. The number of oxazole rings is 1. The van der Waals surface area contributed by atoms with Crippen LogP contribution in [-0.2, 0) is 9.05 Å². The van der Waals surface area contributed by atoms with E-state index in [2.05, 4.69) is 14.4 Å². The quantitative estimate of drug-likeness (QED) is 0.723. The van der Waals surface area contributed by atoms with Gasteiger partial charge < -0.3 is 4.42 Å². The van der Waals surface area contributed by atoms with Gasteiger partial charge in [-0.15, -0.1) is 0 Å². The maximum atomic E-state index is 10.9. The molecule has 8 heteroatoms. The first kappa shape index (κ1) is 9.22. The van der Waals surface area contributed by atoms with Gasteiger partial charge in [0.05, 0.1) is 6.20 Å². The second-order valence-corrected chi connectivity index (χ2v) is 5.04. The molecule has 2 heterocycles. The van der Waals surface area contributed by atoms with E-state index in [1.54, 1.807) is 0 Å². The molecular formula is C6H3ClN2O4S. The van der Waals surface area contributed by atoms with E-state index in [4.69, 9.17) is 10.7 Å². The van der Waals surface area contributed by atoms with Gasteiger partial charge in [0.15, 0.2) is 0 Å². The number of aromatic nitrogens is 2. The first-order valence-electron chi connectivity index (χ1n) is 3.40. The van der Waals surface area contributed by atoms with E-state index in [-0.39, 0.29) is 16.1 Å². The van der Waals surface area contributed by atoms with E-state index in [0.29, 0.717) is 0 Å². The molecule has 0 fully saturated rings. The summed E-state index contributed by atoms with van der Waals surface area (Å²) in [4.78, 5) is 16.4. The molecule has 2 aromatic heterocycles. The minimum absolute atomic E-state index is 0.0408. The number of H-pyrrole nitrogens is 1. The van der Waals surface area contributed by atoms with E-state index in [1.165, 1.54) is 6.07 Å². The number of pyridine rings is 1. The SMILES string of the molecule is O=c1[nH]c2cc(S(=O)(=O)Cl)cnc2o1. The van der Waals surface area contributed by atoms with Crippen molar-refractivity contribution in [3.05, 3.63) is 22.8 Å². The van der Waals surface area contributed by atoms with Crippen LogP contribution in [0.2, 0.25) is 0 Å². The van der Waals surface area contributed by atoms with Gasteiger partial charge in [-0.25, -0.2) is 18.2 Å². The summed E-state index contributed by atoms with van der Waals surface area (Å²) >= 11 is 0. The van der Waals surface area contributed by atoms with Crippen molar-refractivity contribution in [1.29, 1.82) is 0 Å². The Morgan fingerprint density at radius 3 is 2.86 bits per heavy atom. The van der Waals surface area contributed by atoms with Crippen molar-refractivity contribution >= 4 is 31.0 Å². The maximum Gasteiger partial charge on any atom is 0.418 e. The third-order valence-corrected chi connectivity index (χ3v) is 2.85. The van der Waals surface area contributed by atoms with Crippen LogP contribution in [0.25, 0.3) is 11.2 Å². The molecule has 2 aromatic rings. The number of nitrogens with one attached hydrogen (secondary N) is 1. The lowest BCUT2D eigenvalue weighted by atomic mass is 10.4. The van der Waals surface area contributed by atoms with E-state index >= 15 is 0 Å². The Morgan fingerprint density at radius 2 is 2.21 bits per heavy atom. The standard InChI is InChI=1S/C6H3ClN2O4S/c7-14(11,12)3-1-4-5(8-2-3)13-6(10)9-4/h1-2H,(H,9,10). The van der Waals surface area contributed by atoms with Crippen LogP contribution in [-0.4, -0.2) is 18.4 Å². The third kappa shape index (κ3) is 1.51. The summed E-state index contributed by atoms with van der Waals surface area (Å²) in [6.07, 6.45) is 1.02. The molecule has 0 bridgehead atoms. The van der Waals surface area contributed by atoms with Gasteiger partial charge in [-0.3, -0.25) is 4.98 Å². The minimum Gasteiger partial charge on any atom is -0.389 e. The number of hydrogen-bond acceptors (Lipinski definition) is 5. The number of nitrogens with zero attached hydrogens (tertiary/aromatic N) is 1. The van der Waals surface area contributed by atoms with Gasteiger partial charge in [0.1, 0.15) is 10.4 Å². The lowest BCUT2D eigenvalue weighted by Gasteiger charge is -1.92. The Labute approximate surface area is 81.9 Å². The molecule has 6 nitrogen and oxygen atoms in total. The zero-order valence-electron chi connectivity index (χ0n) is 6.52. The van der Waals surface area contributed by atoms with Gasteiger partial charge in [-0.2, -0.15) is 0 Å². The number of fused-ring (bicyclic) bond motifs is 1. The topological polar surface area (TPSA) is 93.0 Å². The van der Waals surface area contributed by atoms with Gasteiger partial charge in [0.2, 0.25) is 5.71 Å². The van der Waals surface area contributed by atoms with Crippen molar-refractivity contribution in [2.45, 2.75) is 4.90 Å². The molecule has 0 spiro atoms. The average Bonchev–Trinajstić information content (AvgIpc) is 2.41. The van der Waals surface area contributed by atoms with Crippen LogP contribution in [0, 0.1) is 0 Å². The van der Waals surface area contributed by atoms with Crippen LogP contribution in [0.15, 0.2) is 26.4 Å². The number of aromatic amines is 1. The highest BCUT2D eigenvalue weighted by Gasteiger charge is 2.12. The Balaban J connectivity index is 2.80. The van der Waals surface area contributed by atoms with Gasteiger partial charge >= 0.3 is 5.76 Å². The van der Waals surface area contributed by atoms with Crippen LogP contribution < -0.4 is 5.76 Å². The molecule has 0 aromatic carbocycles. The average molecular weight is 235 g/mol. The molecule has 0 amide bonds. The van der Waals surface area contributed by atoms with Crippen LogP contribution in [0.4, 0.5) is 0 Å². The molecule has 2 rings (SSSR count). The predicted octanol–water partition coefficient (Wildman–Crippen LogP) is 0.444. The summed E-state index contributed by atoms with van der Waals surface area (Å²) in [5.41, 5.74) is 0.232. The van der Waals surface area contributed by atoms with Gasteiger partial charge in [0, 0.05) is 10.7 Å². The molecule has 0 saturated heterocycles. The molecule has 0 saturated carbocycles. The fraction of sp³-hybridized carbons (Fsp3) is 0. The normalized spacial score (nSPS) is 12.1. The Bertz CT molecular complexity index is 641. The summed E-state index contributed by atoms with van der Waals surface area (Å²) in [5.74, 6) is -0.698. The van der Waals surface area contributed by atoms with Crippen molar-refractivity contribution in [2.75, 3.05) is 0 Å². The predicted molar refractivity (Wildman–Crippen MR) is 47.7 cm³/mol. The molecule has 0 aliphatic rings. The van der Waals surface area contributed by atoms with Crippen molar-refractivity contribution in [2.24, 2.45) is 0 Å². The monoisotopic (exact) mass is 234 g/mol. The van der Waals surface area contributed by atoms with Crippen LogP contribution in [0.5, 0.6) is 0 Å². The molecule has 0 aliphatic heterocycles. The summed E-state index contributed by atoms with van der Waals surface area (Å²) in [7, 11) is 1.24. The second-order valence-electron chi connectivity index (χ2n) is 2.48. The Hall–Kier alpha value is -1.34. The second kappa shape index (κ2) is 2.82. The smallest absolute Gasteiger partial charge is 0.389 e. The van der Waals surface area contributed by atoms with Gasteiger partial charge in [0.25, 0.3) is 9.05 Å². The van der Waals surface area contributed by atoms with Gasteiger partial charge in [-0.1, -0.05) is 0 Å². The first-order chi connectivity index (χ1) is 6.47. The lowest BCUT2D eigenvalue weighted by molar-refractivity contribution is 0.545. The highest BCUT2D eigenvalue weighted by atomic mass is 35.7. The molecule has 1 N–H and O–H groups in total. The van der Waals surface area contributed by atoms with Crippen LogP contribution in [0.3, 0.4) is 0 Å². The molecule has 0 atom stereocenters. The van der Waals surface area contributed by atoms with Crippen LogP contribution >= 0.6 is 10.7 Å². The summed E-state index contributed by atoms with van der Waals surface area (Å²) < 4.78 is 26.3.